The van der Waals surface area contributed by atoms with Crippen LogP contribution in [0.3, 0.4) is 0 Å². The van der Waals surface area contributed by atoms with Crippen LogP contribution in [0.15, 0.2) is 18.2 Å². The number of carbonyl (C=O) groups excluding carboxylic acids is 1. The van der Waals surface area contributed by atoms with Gasteiger partial charge < -0.3 is 20.0 Å². The van der Waals surface area contributed by atoms with E-state index in [1.807, 2.05) is 0 Å². The molecule has 0 spiro atoms. The fraction of sp³-hybridized carbons (Fsp3) is 0.533. The van der Waals surface area contributed by atoms with Crippen molar-refractivity contribution in [2.24, 2.45) is 5.92 Å². The van der Waals surface area contributed by atoms with E-state index in [9.17, 15) is 15.0 Å². The molecule has 1 amide bonds. The molecule has 2 rings (SSSR count). The predicted molar refractivity (Wildman–Crippen MR) is 77.0 cm³/mol. The van der Waals surface area contributed by atoms with Gasteiger partial charge in [0.2, 0.25) is 0 Å². The van der Waals surface area contributed by atoms with Crippen molar-refractivity contribution in [1.82, 2.24) is 9.80 Å². The number of hydrogen-bond donors (Lipinski definition) is 2. The van der Waals surface area contributed by atoms with Crippen LogP contribution in [0.4, 0.5) is 0 Å². The number of aromatic hydroxyl groups is 2. The number of piperidine rings is 1. The molecule has 0 radical (unpaired) electrons. The van der Waals surface area contributed by atoms with Crippen LogP contribution in [-0.4, -0.2) is 59.6 Å². The smallest absolute Gasteiger partial charge is 0.257 e. The molecule has 0 saturated carbocycles. The molecule has 1 heterocycles. The lowest BCUT2D eigenvalue weighted by Crippen LogP contribution is -2.38. The van der Waals surface area contributed by atoms with E-state index in [0.29, 0.717) is 12.5 Å². The van der Waals surface area contributed by atoms with Crippen LogP contribution in [0.5, 0.6) is 11.5 Å². The summed E-state index contributed by atoms with van der Waals surface area (Å²) in [7, 11) is 3.85. The Bertz CT molecular complexity index is 482. The van der Waals surface area contributed by atoms with Crippen molar-refractivity contribution in [3.05, 3.63) is 23.8 Å². The summed E-state index contributed by atoms with van der Waals surface area (Å²) in [6.45, 7) is 2.80. The molecule has 0 unspecified atom stereocenters. The second kappa shape index (κ2) is 6.13. The average Bonchev–Trinajstić information content (AvgIpc) is 2.43. The molecule has 0 bridgehead atoms. The minimum absolute atomic E-state index is 0.0150. The molecule has 1 aliphatic heterocycles. The van der Waals surface area contributed by atoms with E-state index in [2.05, 4.69) is 11.9 Å². The Balaban J connectivity index is 1.99. The van der Waals surface area contributed by atoms with Gasteiger partial charge in [0.05, 0.1) is 5.56 Å². The summed E-state index contributed by atoms with van der Waals surface area (Å²) in [5.74, 6) is 0.138. The molecule has 110 valence electrons. The molecule has 5 nitrogen and oxygen atoms in total. The number of rotatable bonds is 3. The Labute approximate surface area is 119 Å². The Morgan fingerprint density at radius 2 is 2.00 bits per heavy atom. The maximum absolute atomic E-state index is 12.3. The third-order valence-corrected chi connectivity index (χ3v) is 3.93. The molecule has 2 N–H and O–H groups in total. The topological polar surface area (TPSA) is 64.0 Å². The van der Waals surface area contributed by atoms with E-state index >= 15 is 0 Å². The lowest BCUT2D eigenvalue weighted by Gasteiger charge is -2.31. The highest BCUT2D eigenvalue weighted by atomic mass is 16.3. The molecule has 1 aromatic carbocycles. The van der Waals surface area contributed by atoms with E-state index in [-0.39, 0.29) is 23.0 Å². The Morgan fingerprint density at radius 1 is 1.35 bits per heavy atom. The van der Waals surface area contributed by atoms with Crippen molar-refractivity contribution in [3.8, 4) is 11.5 Å². The Morgan fingerprint density at radius 3 is 2.65 bits per heavy atom. The first-order valence-electron chi connectivity index (χ1n) is 6.93. The summed E-state index contributed by atoms with van der Waals surface area (Å²) in [5, 5.41) is 19.2. The van der Waals surface area contributed by atoms with Crippen LogP contribution in [0.25, 0.3) is 0 Å². The Kier molecular flexibility index (Phi) is 4.49. The van der Waals surface area contributed by atoms with Crippen LogP contribution >= 0.6 is 0 Å². The normalized spacial score (nSPS) is 17.1. The Hall–Kier alpha value is -1.75. The average molecular weight is 278 g/mol. The van der Waals surface area contributed by atoms with Crippen LogP contribution in [-0.2, 0) is 0 Å². The van der Waals surface area contributed by atoms with Crippen molar-refractivity contribution in [2.45, 2.75) is 12.8 Å². The fourth-order valence-electron chi connectivity index (χ4n) is 2.62. The largest absolute Gasteiger partial charge is 0.508 e. The number of phenolic OH excluding ortho intramolecular Hbond substituents is 2. The zero-order valence-electron chi connectivity index (χ0n) is 12.0. The van der Waals surface area contributed by atoms with E-state index in [1.54, 1.807) is 11.9 Å². The maximum Gasteiger partial charge on any atom is 0.257 e. The number of likely N-dealkylation sites (tertiary alicyclic amines) is 1. The highest BCUT2D eigenvalue weighted by Crippen LogP contribution is 2.24. The summed E-state index contributed by atoms with van der Waals surface area (Å²) in [6, 6.07) is 4.01. The third kappa shape index (κ3) is 3.42. The standard InChI is InChI=1S/C15H22N2O3/c1-16-7-5-11(6-8-16)10-17(2)15(20)13-9-12(18)3-4-14(13)19/h3-4,9,11,18-19H,5-8,10H2,1-2H3. The maximum atomic E-state index is 12.3. The lowest BCUT2D eigenvalue weighted by atomic mass is 9.96. The van der Waals surface area contributed by atoms with Crippen molar-refractivity contribution < 1.29 is 15.0 Å². The molecule has 1 aromatic rings. The number of nitrogens with zero attached hydrogens (tertiary/aromatic N) is 2. The first kappa shape index (κ1) is 14.7. The van der Waals surface area contributed by atoms with E-state index in [4.69, 9.17) is 0 Å². The predicted octanol–water partition coefficient (Wildman–Crippen LogP) is 1.51. The van der Waals surface area contributed by atoms with Gasteiger partial charge in [0.25, 0.3) is 5.91 Å². The highest BCUT2D eigenvalue weighted by molar-refractivity contribution is 5.97. The SMILES string of the molecule is CN1CCC(CN(C)C(=O)c2cc(O)ccc2O)CC1. The van der Waals surface area contributed by atoms with E-state index in [0.717, 1.165) is 25.9 Å². The molecule has 1 saturated heterocycles. The van der Waals surface area contributed by atoms with Gasteiger partial charge >= 0.3 is 0 Å². The van der Waals surface area contributed by atoms with Crippen LogP contribution in [0, 0.1) is 5.92 Å². The van der Waals surface area contributed by atoms with Gasteiger partial charge in [-0.25, -0.2) is 0 Å². The molecular formula is C15H22N2O3. The summed E-state index contributed by atoms with van der Waals surface area (Å²) >= 11 is 0. The quantitative estimate of drug-likeness (QED) is 0.823. The summed E-state index contributed by atoms with van der Waals surface area (Å²) in [6.07, 6.45) is 2.17. The fourth-order valence-corrected chi connectivity index (χ4v) is 2.62. The molecular weight excluding hydrogens is 256 g/mol. The van der Waals surface area contributed by atoms with Crippen LogP contribution in [0.2, 0.25) is 0 Å². The van der Waals surface area contributed by atoms with Gasteiger partial charge in [-0.15, -0.1) is 0 Å². The van der Waals surface area contributed by atoms with E-state index in [1.165, 1.54) is 18.2 Å². The lowest BCUT2D eigenvalue weighted by molar-refractivity contribution is 0.0744. The molecule has 20 heavy (non-hydrogen) atoms. The van der Waals surface area contributed by atoms with Gasteiger partial charge in [-0.05, 0) is 57.1 Å². The summed E-state index contributed by atoms with van der Waals surface area (Å²) in [5.41, 5.74) is 0.153. The number of phenols is 2. The number of carbonyl (C=O) groups is 1. The summed E-state index contributed by atoms with van der Waals surface area (Å²) in [4.78, 5) is 16.2. The molecule has 0 atom stereocenters. The molecule has 1 aliphatic rings. The van der Waals surface area contributed by atoms with Crippen molar-refractivity contribution in [1.29, 1.82) is 0 Å². The second-order valence-electron chi connectivity index (χ2n) is 5.63. The minimum Gasteiger partial charge on any atom is -0.508 e. The zero-order valence-corrected chi connectivity index (χ0v) is 12.0. The van der Waals surface area contributed by atoms with Gasteiger partial charge in [0.1, 0.15) is 11.5 Å². The second-order valence-corrected chi connectivity index (χ2v) is 5.63. The van der Waals surface area contributed by atoms with Crippen molar-refractivity contribution >= 4 is 5.91 Å². The molecule has 5 heteroatoms. The zero-order chi connectivity index (χ0) is 14.7. The van der Waals surface area contributed by atoms with E-state index < -0.39 is 0 Å². The summed E-state index contributed by atoms with van der Waals surface area (Å²) < 4.78 is 0. The monoisotopic (exact) mass is 278 g/mol. The highest BCUT2D eigenvalue weighted by Gasteiger charge is 2.22. The molecule has 0 aromatic heterocycles. The van der Waals surface area contributed by atoms with Gasteiger partial charge in [0.15, 0.2) is 0 Å². The van der Waals surface area contributed by atoms with Gasteiger partial charge in [-0.2, -0.15) is 0 Å². The first-order chi connectivity index (χ1) is 9.47. The van der Waals surface area contributed by atoms with Crippen LogP contribution < -0.4 is 0 Å². The van der Waals surface area contributed by atoms with Crippen molar-refractivity contribution in [3.63, 3.8) is 0 Å². The number of amides is 1. The van der Waals surface area contributed by atoms with Gasteiger partial charge in [-0.1, -0.05) is 0 Å². The molecule has 1 fully saturated rings. The molecule has 0 aliphatic carbocycles. The third-order valence-electron chi connectivity index (χ3n) is 3.93. The number of benzene rings is 1. The minimum atomic E-state index is -0.252. The van der Waals surface area contributed by atoms with Gasteiger partial charge in [-0.3, -0.25) is 4.79 Å². The number of hydrogen-bond acceptors (Lipinski definition) is 4. The van der Waals surface area contributed by atoms with Crippen LogP contribution in [0.1, 0.15) is 23.2 Å². The van der Waals surface area contributed by atoms with Gasteiger partial charge in [0, 0.05) is 13.6 Å². The van der Waals surface area contributed by atoms with Crippen molar-refractivity contribution in [2.75, 3.05) is 33.7 Å². The first-order valence-corrected chi connectivity index (χ1v) is 6.93.